The van der Waals surface area contributed by atoms with Gasteiger partial charge in [-0.25, -0.2) is 9.38 Å². The molecule has 5 nitrogen and oxygen atoms in total. The van der Waals surface area contributed by atoms with Crippen molar-refractivity contribution in [2.45, 2.75) is 26.3 Å². The molecule has 0 saturated carbocycles. The molecule has 1 amide bonds. The van der Waals surface area contributed by atoms with E-state index in [1.165, 1.54) is 6.07 Å². The van der Waals surface area contributed by atoms with Gasteiger partial charge in [0.15, 0.2) is 5.96 Å². The molecular formula is C20H24BrFN4O. The van der Waals surface area contributed by atoms with Gasteiger partial charge in [-0.2, -0.15) is 0 Å². The number of primary amides is 1. The van der Waals surface area contributed by atoms with E-state index in [4.69, 9.17) is 5.73 Å². The van der Waals surface area contributed by atoms with E-state index in [1.54, 1.807) is 24.3 Å². The van der Waals surface area contributed by atoms with Crippen molar-refractivity contribution in [3.63, 3.8) is 0 Å². The molecule has 0 heterocycles. The van der Waals surface area contributed by atoms with Crippen LogP contribution in [0.5, 0.6) is 0 Å². The molecule has 0 aromatic heterocycles. The Hall–Kier alpha value is -2.41. The zero-order valence-electron chi connectivity index (χ0n) is 15.3. The highest BCUT2D eigenvalue weighted by atomic mass is 79.9. The van der Waals surface area contributed by atoms with Crippen LogP contribution in [0.4, 0.5) is 4.39 Å². The quantitative estimate of drug-likeness (QED) is 0.338. The van der Waals surface area contributed by atoms with Gasteiger partial charge < -0.3 is 16.4 Å². The standard InChI is InChI=1S/C20H24BrFN4O/c1-2-24-20(26-13-14-5-3-6-16(11-14)19(23)27)25-10-4-7-15-8-9-17(21)12-18(15)22/h3,5-6,8-9,11-12H,2,4,7,10,13H2,1H3,(H2,23,27)(H2,24,25,26). The molecule has 2 aromatic rings. The number of rotatable bonds is 8. The van der Waals surface area contributed by atoms with Crippen LogP contribution in [-0.2, 0) is 13.0 Å². The minimum atomic E-state index is -0.453. The number of amides is 1. The number of guanidine groups is 1. The molecule has 7 heteroatoms. The highest BCUT2D eigenvalue weighted by Gasteiger charge is 2.04. The van der Waals surface area contributed by atoms with Crippen LogP contribution >= 0.6 is 15.9 Å². The van der Waals surface area contributed by atoms with Gasteiger partial charge in [0.1, 0.15) is 5.82 Å². The third-order valence-corrected chi connectivity index (χ3v) is 4.40. The summed E-state index contributed by atoms with van der Waals surface area (Å²) in [5, 5.41) is 6.42. The normalized spacial score (nSPS) is 11.3. The van der Waals surface area contributed by atoms with E-state index in [-0.39, 0.29) is 5.82 Å². The Balaban J connectivity index is 1.88. The van der Waals surface area contributed by atoms with Gasteiger partial charge in [0.2, 0.25) is 5.91 Å². The average molecular weight is 435 g/mol. The highest BCUT2D eigenvalue weighted by Crippen LogP contribution is 2.16. The number of carbonyl (C=O) groups excluding carboxylic acids is 1. The van der Waals surface area contributed by atoms with Crippen molar-refractivity contribution in [2.24, 2.45) is 10.7 Å². The summed E-state index contributed by atoms with van der Waals surface area (Å²) in [6, 6.07) is 12.2. The molecule has 2 rings (SSSR count). The monoisotopic (exact) mass is 434 g/mol. The number of carbonyl (C=O) groups is 1. The Morgan fingerprint density at radius 1 is 1.22 bits per heavy atom. The first-order valence-electron chi connectivity index (χ1n) is 8.84. The summed E-state index contributed by atoms with van der Waals surface area (Å²) in [6.07, 6.45) is 1.42. The highest BCUT2D eigenvalue weighted by molar-refractivity contribution is 9.10. The molecule has 4 N–H and O–H groups in total. The van der Waals surface area contributed by atoms with Gasteiger partial charge in [-0.15, -0.1) is 0 Å². The molecule has 0 aliphatic rings. The number of nitrogens with zero attached hydrogens (tertiary/aromatic N) is 1. The van der Waals surface area contributed by atoms with Crippen molar-refractivity contribution in [1.29, 1.82) is 0 Å². The zero-order valence-corrected chi connectivity index (χ0v) is 16.9. The minimum absolute atomic E-state index is 0.195. The van der Waals surface area contributed by atoms with Gasteiger partial charge in [0.05, 0.1) is 6.54 Å². The third kappa shape index (κ3) is 7.02. The van der Waals surface area contributed by atoms with E-state index in [0.29, 0.717) is 36.6 Å². The van der Waals surface area contributed by atoms with E-state index < -0.39 is 5.91 Å². The van der Waals surface area contributed by atoms with Gasteiger partial charge in [-0.1, -0.05) is 34.1 Å². The van der Waals surface area contributed by atoms with Crippen molar-refractivity contribution in [2.75, 3.05) is 13.1 Å². The first-order valence-corrected chi connectivity index (χ1v) is 9.63. The summed E-state index contributed by atoms with van der Waals surface area (Å²) >= 11 is 3.26. The van der Waals surface area contributed by atoms with Gasteiger partial charge in [0, 0.05) is 23.1 Å². The first-order chi connectivity index (χ1) is 13.0. The number of halogens is 2. The van der Waals surface area contributed by atoms with Crippen LogP contribution in [0, 0.1) is 5.82 Å². The molecule has 0 unspecified atom stereocenters. The molecule has 0 spiro atoms. The molecule has 2 aromatic carbocycles. The number of hydrogen-bond acceptors (Lipinski definition) is 2. The number of benzene rings is 2. The summed E-state index contributed by atoms with van der Waals surface area (Å²) < 4.78 is 14.6. The Bertz CT molecular complexity index is 810. The van der Waals surface area contributed by atoms with Crippen molar-refractivity contribution >= 4 is 27.8 Å². The second-order valence-electron chi connectivity index (χ2n) is 6.03. The third-order valence-electron chi connectivity index (χ3n) is 3.91. The minimum Gasteiger partial charge on any atom is -0.366 e. The molecule has 0 radical (unpaired) electrons. The Kier molecular flexibility index (Phi) is 8.26. The van der Waals surface area contributed by atoms with Crippen LogP contribution in [0.3, 0.4) is 0 Å². The van der Waals surface area contributed by atoms with E-state index in [9.17, 15) is 9.18 Å². The summed E-state index contributed by atoms with van der Waals surface area (Å²) in [4.78, 5) is 15.8. The molecule has 27 heavy (non-hydrogen) atoms. The maximum absolute atomic E-state index is 13.8. The number of hydrogen-bond donors (Lipinski definition) is 3. The lowest BCUT2D eigenvalue weighted by Gasteiger charge is -2.11. The van der Waals surface area contributed by atoms with Gasteiger partial charge in [0.25, 0.3) is 0 Å². The predicted octanol–water partition coefficient (Wildman–Crippen LogP) is 3.38. The molecular weight excluding hydrogens is 411 g/mol. The van der Waals surface area contributed by atoms with Gasteiger partial charge in [-0.3, -0.25) is 4.79 Å². The summed E-state index contributed by atoms with van der Waals surface area (Å²) in [5.74, 6) is 0.0311. The van der Waals surface area contributed by atoms with E-state index >= 15 is 0 Å². The topological polar surface area (TPSA) is 79.5 Å². The molecule has 0 aliphatic carbocycles. The zero-order chi connectivity index (χ0) is 19.6. The van der Waals surface area contributed by atoms with E-state index in [2.05, 4.69) is 31.6 Å². The van der Waals surface area contributed by atoms with E-state index in [0.717, 1.165) is 23.0 Å². The Labute approximate surface area is 167 Å². The van der Waals surface area contributed by atoms with Crippen molar-refractivity contribution in [1.82, 2.24) is 10.6 Å². The SMILES string of the molecule is CCNC(=NCc1cccc(C(N)=O)c1)NCCCc1ccc(Br)cc1F. The molecule has 0 fully saturated rings. The lowest BCUT2D eigenvalue weighted by molar-refractivity contribution is 0.1000. The van der Waals surface area contributed by atoms with Crippen LogP contribution in [-0.4, -0.2) is 25.0 Å². The second kappa shape index (κ2) is 10.7. The lowest BCUT2D eigenvalue weighted by atomic mass is 10.1. The first kappa shape index (κ1) is 20.9. The number of aliphatic imine (C=N–C) groups is 1. The lowest BCUT2D eigenvalue weighted by Crippen LogP contribution is -2.37. The van der Waals surface area contributed by atoms with Crippen LogP contribution in [0.1, 0.15) is 34.8 Å². The molecule has 0 bridgehead atoms. The Morgan fingerprint density at radius 2 is 2.04 bits per heavy atom. The molecule has 0 atom stereocenters. The molecule has 0 aliphatic heterocycles. The van der Waals surface area contributed by atoms with Crippen LogP contribution in [0.15, 0.2) is 51.9 Å². The summed E-state index contributed by atoms with van der Waals surface area (Å²) in [7, 11) is 0. The fourth-order valence-corrected chi connectivity index (χ4v) is 2.88. The summed E-state index contributed by atoms with van der Waals surface area (Å²) in [6.45, 7) is 3.82. The smallest absolute Gasteiger partial charge is 0.248 e. The fourth-order valence-electron chi connectivity index (χ4n) is 2.55. The number of nitrogens with two attached hydrogens (primary N) is 1. The molecule has 0 saturated heterocycles. The summed E-state index contributed by atoms with van der Waals surface area (Å²) in [5.41, 5.74) is 7.38. The predicted molar refractivity (Wildman–Crippen MR) is 110 cm³/mol. The second-order valence-corrected chi connectivity index (χ2v) is 6.94. The van der Waals surface area contributed by atoms with Crippen LogP contribution in [0.25, 0.3) is 0 Å². The number of aryl methyl sites for hydroxylation is 1. The molecule has 144 valence electrons. The van der Waals surface area contributed by atoms with Gasteiger partial charge in [-0.05, 0) is 55.2 Å². The van der Waals surface area contributed by atoms with Crippen LogP contribution in [0.2, 0.25) is 0 Å². The van der Waals surface area contributed by atoms with Crippen molar-refractivity contribution < 1.29 is 9.18 Å². The maximum atomic E-state index is 13.8. The number of nitrogens with one attached hydrogen (secondary N) is 2. The Morgan fingerprint density at radius 3 is 2.74 bits per heavy atom. The van der Waals surface area contributed by atoms with Crippen molar-refractivity contribution in [3.8, 4) is 0 Å². The maximum Gasteiger partial charge on any atom is 0.248 e. The van der Waals surface area contributed by atoms with Crippen LogP contribution < -0.4 is 16.4 Å². The largest absolute Gasteiger partial charge is 0.366 e. The van der Waals surface area contributed by atoms with Gasteiger partial charge >= 0.3 is 0 Å². The van der Waals surface area contributed by atoms with Crippen molar-refractivity contribution in [3.05, 3.63) is 69.4 Å². The average Bonchev–Trinajstić information content (AvgIpc) is 2.64. The van der Waals surface area contributed by atoms with E-state index in [1.807, 2.05) is 19.1 Å². The fraction of sp³-hybridized carbons (Fsp3) is 0.300.